The predicted octanol–water partition coefficient (Wildman–Crippen LogP) is 3.15. The van der Waals surface area contributed by atoms with Crippen molar-refractivity contribution in [3.8, 4) is 0 Å². The highest BCUT2D eigenvalue weighted by Crippen LogP contribution is 2.48. The summed E-state index contributed by atoms with van der Waals surface area (Å²) in [5.41, 5.74) is 1.23. The summed E-state index contributed by atoms with van der Waals surface area (Å²) in [7, 11) is 0. The molecule has 0 unspecified atom stereocenters. The van der Waals surface area contributed by atoms with Crippen LogP contribution in [0.5, 0.6) is 0 Å². The van der Waals surface area contributed by atoms with Crippen LogP contribution < -0.4 is 5.32 Å². The van der Waals surface area contributed by atoms with Crippen LogP contribution in [-0.4, -0.2) is 29.8 Å². The van der Waals surface area contributed by atoms with Gasteiger partial charge in [0, 0.05) is 18.8 Å². The molecule has 1 aliphatic carbocycles. The lowest BCUT2D eigenvalue weighted by atomic mass is 10.0. The second-order valence-corrected chi connectivity index (χ2v) is 6.81. The average Bonchev–Trinajstić information content (AvgIpc) is 3.14. The van der Waals surface area contributed by atoms with Crippen LogP contribution in [-0.2, 0) is 9.59 Å². The normalized spacial score (nSPS) is 19.3. The highest BCUT2D eigenvalue weighted by Gasteiger charge is 2.58. The van der Waals surface area contributed by atoms with Gasteiger partial charge in [-0.05, 0) is 49.3 Å². The van der Waals surface area contributed by atoms with E-state index in [1.54, 1.807) is 0 Å². The first-order valence-corrected chi connectivity index (χ1v) is 8.24. The maximum Gasteiger partial charge on any atom is 0.240 e. The zero-order valence-corrected chi connectivity index (χ0v) is 13.4. The molecule has 2 fully saturated rings. The van der Waals surface area contributed by atoms with Gasteiger partial charge in [-0.25, -0.2) is 0 Å². The van der Waals surface area contributed by atoms with Crippen molar-refractivity contribution in [1.29, 1.82) is 0 Å². The Hall–Kier alpha value is -1.84. The third-order valence-corrected chi connectivity index (χ3v) is 4.82. The Kier molecular flexibility index (Phi) is 3.94. The summed E-state index contributed by atoms with van der Waals surface area (Å²) in [4.78, 5) is 27.0. The van der Waals surface area contributed by atoms with Crippen LogP contribution >= 0.6 is 0 Å². The molecule has 3 rings (SSSR count). The molecule has 1 heterocycles. The van der Waals surface area contributed by atoms with E-state index >= 15 is 0 Å². The second-order valence-electron chi connectivity index (χ2n) is 6.81. The number of hydrogen-bond donors (Lipinski definition) is 1. The van der Waals surface area contributed by atoms with Crippen LogP contribution in [0.4, 0.5) is 5.69 Å². The molecule has 2 amide bonds. The summed E-state index contributed by atoms with van der Waals surface area (Å²) in [6, 6.07) is 7.90. The van der Waals surface area contributed by atoms with Gasteiger partial charge in [-0.2, -0.15) is 0 Å². The van der Waals surface area contributed by atoms with Crippen LogP contribution in [0.1, 0.15) is 51.0 Å². The third-order valence-electron chi connectivity index (χ3n) is 4.82. The zero-order valence-electron chi connectivity index (χ0n) is 13.4. The molecule has 22 heavy (non-hydrogen) atoms. The fraction of sp³-hybridized carbons (Fsp3) is 0.556. The smallest absolute Gasteiger partial charge is 0.240 e. The van der Waals surface area contributed by atoms with E-state index in [1.807, 2.05) is 29.2 Å². The number of amides is 2. The van der Waals surface area contributed by atoms with Gasteiger partial charge in [0.2, 0.25) is 11.8 Å². The van der Waals surface area contributed by atoms with Gasteiger partial charge < -0.3 is 10.2 Å². The first-order chi connectivity index (χ1) is 10.5. The monoisotopic (exact) mass is 300 g/mol. The van der Waals surface area contributed by atoms with Crippen molar-refractivity contribution in [3.05, 3.63) is 29.8 Å². The van der Waals surface area contributed by atoms with Gasteiger partial charge >= 0.3 is 0 Å². The van der Waals surface area contributed by atoms with E-state index in [1.165, 1.54) is 5.56 Å². The zero-order chi connectivity index (χ0) is 15.7. The van der Waals surface area contributed by atoms with Crippen LogP contribution in [0, 0.1) is 5.41 Å². The Morgan fingerprint density at radius 3 is 2.18 bits per heavy atom. The number of nitrogens with one attached hydrogen (secondary N) is 1. The molecule has 1 aromatic carbocycles. The van der Waals surface area contributed by atoms with Crippen LogP contribution in [0.25, 0.3) is 0 Å². The number of likely N-dealkylation sites (tertiary alicyclic amines) is 1. The largest absolute Gasteiger partial charge is 0.342 e. The lowest BCUT2D eigenvalue weighted by Crippen LogP contribution is -2.41. The Morgan fingerprint density at radius 1 is 1.09 bits per heavy atom. The van der Waals surface area contributed by atoms with Crippen molar-refractivity contribution in [2.75, 3.05) is 18.4 Å². The van der Waals surface area contributed by atoms with E-state index in [0.29, 0.717) is 18.8 Å². The lowest BCUT2D eigenvalue weighted by Gasteiger charge is -2.22. The third kappa shape index (κ3) is 2.74. The molecule has 0 aromatic heterocycles. The maximum absolute atomic E-state index is 12.6. The average molecular weight is 300 g/mol. The summed E-state index contributed by atoms with van der Waals surface area (Å²) in [5, 5.41) is 2.93. The van der Waals surface area contributed by atoms with Gasteiger partial charge in [0.25, 0.3) is 0 Å². The Labute approximate surface area is 131 Å². The molecule has 118 valence electrons. The van der Waals surface area contributed by atoms with Gasteiger partial charge in [0.15, 0.2) is 0 Å². The van der Waals surface area contributed by atoms with E-state index in [-0.39, 0.29) is 11.8 Å². The second kappa shape index (κ2) is 5.75. The van der Waals surface area contributed by atoms with Crippen molar-refractivity contribution >= 4 is 17.5 Å². The summed E-state index contributed by atoms with van der Waals surface area (Å²) < 4.78 is 0. The minimum absolute atomic E-state index is 0.0290. The summed E-state index contributed by atoms with van der Waals surface area (Å²) in [5.74, 6) is 0.360. The summed E-state index contributed by atoms with van der Waals surface area (Å²) in [6.45, 7) is 5.89. The van der Waals surface area contributed by atoms with Gasteiger partial charge in [-0.15, -0.1) is 0 Å². The molecule has 2 aliphatic rings. The minimum Gasteiger partial charge on any atom is -0.342 e. The number of carbonyl (C=O) groups is 2. The van der Waals surface area contributed by atoms with E-state index < -0.39 is 5.41 Å². The molecule has 0 radical (unpaired) electrons. The molecule has 4 nitrogen and oxygen atoms in total. The molecule has 0 spiro atoms. The van der Waals surface area contributed by atoms with Gasteiger partial charge in [-0.1, -0.05) is 26.0 Å². The fourth-order valence-electron chi connectivity index (χ4n) is 3.09. The molecular formula is C18H24N2O2. The Morgan fingerprint density at radius 2 is 1.68 bits per heavy atom. The first kappa shape index (κ1) is 15.1. The Bertz CT molecular complexity index is 567. The number of nitrogens with zero attached hydrogens (tertiary/aromatic N) is 1. The number of hydrogen-bond acceptors (Lipinski definition) is 2. The van der Waals surface area contributed by atoms with E-state index in [2.05, 4.69) is 19.2 Å². The van der Waals surface area contributed by atoms with Crippen molar-refractivity contribution in [3.63, 3.8) is 0 Å². The molecule has 4 heteroatoms. The van der Waals surface area contributed by atoms with Gasteiger partial charge in [0.1, 0.15) is 5.41 Å². The number of rotatable bonds is 4. The molecule has 0 atom stereocenters. The molecule has 1 saturated carbocycles. The highest BCUT2D eigenvalue weighted by atomic mass is 16.2. The molecule has 0 bridgehead atoms. The standard InChI is InChI=1S/C18H24N2O2/c1-13(2)14-5-7-15(8-6-14)19-16(21)18(9-10-18)17(22)20-11-3-4-12-20/h5-8,13H,3-4,9-12H2,1-2H3,(H,19,21). The molecule has 1 saturated heterocycles. The number of benzene rings is 1. The topological polar surface area (TPSA) is 49.4 Å². The predicted molar refractivity (Wildman–Crippen MR) is 86.6 cm³/mol. The SMILES string of the molecule is CC(C)c1ccc(NC(=O)C2(C(=O)N3CCCC3)CC2)cc1. The van der Waals surface area contributed by atoms with Crippen LogP contribution in [0.3, 0.4) is 0 Å². The summed E-state index contributed by atoms with van der Waals surface area (Å²) >= 11 is 0. The quantitative estimate of drug-likeness (QED) is 0.868. The lowest BCUT2D eigenvalue weighted by molar-refractivity contribution is -0.141. The summed E-state index contributed by atoms with van der Waals surface area (Å²) in [6.07, 6.45) is 3.47. The van der Waals surface area contributed by atoms with Crippen LogP contribution in [0.15, 0.2) is 24.3 Å². The molecule has 1 aliphatic heterocycles. The fourth-order valence-corrected chi connectivity index (χ4v) is 3.09. The maximum atomic E-state index is 12.6. The van der Waals surface area contributed by atoms with Crippen molar-refractivity contribution in [2.45, 2.75) is 45.4 Å². The van der Waals surface area contributed by atoms with Gasteiger partial charge in [0.05, 0.1) is 0 Å². The molecular weight excluding hydrogens is 276 g/mol. The minimum atomic E-state index is -0.791. The van der Waals surface area contributed by atoms with Crippen molar-refractivity contribution in [1.82, 2.24) is 4.90 Å². The van der Waals surface area contributed by atoms with E-state index in [9.17, 15) is 9.59 Å². The first-order valence-electron chi connectivity index (χ1n) is 8.24. The molecule has 1 aromatic rings. The van der Waals surface area contributed by atoms with Crippen molar-refractivity contribution in [2.24, 2.45) is 5.41 Å². The highest BCUT2D eigenvalue weighted by molar-refractivity contribution is 6.13. The van der Waals surface area contributed by atoms with Gasteiger partial charge in [-0.3, -0.25) is 9.59 Å². The van der Waals surface area contributed by atoms with Crippen LogP contribution in [0.2, 0.25) is 0 Å². The molecule has 1 N–H and O–H groups in total. The van der Waals surface area contributed by atoms with E-state index in [0.717, 1.165) is 31.6 Å². The van der Waals surface area contributed by atoms with E-state index in [4.69, 9.17) is 0 Å². The van der Waals surface area contributed by atoms with Crippen molar-refractivity contribution < 1.29 is 9.59 Å². The number of anilines is 1. The number of carbonyl (C=O) groups excluding carboxylic acids is 2. The Balaban J connectivity index is 1.67.